The SMILES string of the molecule is COc1ccc(CN(Cc2ccc3c(c2)OCO3)C(=O)c2ccc(Cl)cc2)cc1. The molecule has 0 saturated heterocycles. The van der Waals surface area contributed by atoms with Crippen molar-refractivity contribution < 1.29 is 19.0 Å². The molecule has 1 heterocycles. The number of amides is 1. The van der Waals surface area contributed by atoms with E-state index in [0.29, 0.717) is 29.4 Å². The summed E-state index contributed by atoms with van der Waals surface area (Å²) < 4.78 is 16.1. The summed E-state index contributed by atoms with van der Waals surface area (Å²) in [5.41, 5.74) is 2.56. The largest absolute Gasteiger partial charge is 0.497 e. The number of carbonyl (C=O) groups is 1. The van der Waals surface area contributed by atoms with Gasteiger partial charge in [-0.25, -0.2) is 0 Å². The van der Waals surface area contributed by atoms with Crippen molar-refractivity contribution in [1.82, 2.24) is 4.90 Å². The molecule has 0 fully saturated rings. The smallest absolute Gasteiger partial charge is 0.254 e. The number of benzene rings is 3. The maximum Gasteiger partial charge on any atom is 0.254 e. The van der Waals surface area contributed by atoms with E-state index in [2.05, 4.69) is 0 Å². The third kappa shape index (κ3) is 4.46. The Hall–Kier alpha value is -3.18. The first-order valence-corrected chi connectivity index (χ1v) is 9.56. The van der Waals surface area contributed by atoms with Gasteiger partial charge in [0.2, 0.25) is 6.79 Å². The Kier molecular flexibility index (Phi) is 5.58. The molecule has 0 saturated carbocycles. The minimum absolute atomic E-state index is 0.0739. The van der Waals surface area contributed by atoms with Crippen LogP contribution in [0.25, 0.3) is 0 Å². The van der Waals surface area contributed by atoms with Crippen LogP contribution in [0.2, 0.25) is 5.02 Å². The lowest BCUT2D eigenvalue weighted by Crippen LogP contribution is -2.30. The number of halogens is 1. The van der Waals surface area contributed by atoms with E-state index in [0.717, 1.165) is 22.6 Å². The Morgan fingerprint density at radius 3 is 2.31 bits per heavy atom. The molecule has 0 aliphatic carbocycles. The first-order chi connectivity index (χ1) is 14.1. The van der Waals surface area contributed by atoms with Crippen LogP contribution in [0.1, 0.15) is 21.5 Å². The van der Waals surface area contributed by atoms with Crippen LogP contribution in [0.4, 0.5) is 0 Å². The number of rotatable bonds is 6. The highest BCUT2D eigenvalue weighted by atomic mass is 35.5. The monoisotopic (exact) mass is 409 g/mol. The first kappa shape index (κ1) is 19.2. The molecule has 3 aromatic rings. The molecular weight excluding hydrogens is 390 g/mol. The highest BCUT2D eigenvalue weighted by molar-refractivity contribution is 6.30. The third-order valence-corrected chi connectivity index (χ3v) is 4.97. The van der Waals surface area contributed by atoms with Crippen LogP contribution in [-0.2, 0) is 13.1 Å². The van der Waals surface area contributed by atoms with Crippen molar-refractivity contribution in [2.24, 2.45) is 0 Å². The van der Waals surface area contributed by atoms with Gasteiger partial charge >= 0.3 is 0 Å². The molecule has 0 spiro atoms. The zero-order valence-corrected chi connectivity index (χ0v) is 16.7. The molecule has 148 valence electrons. The number of carbonyl (C=O) groups excluding carboxylic acids is 1. The van der Waals surface area contributed by atoms with Crippen molar-refractivity contribution in [2.75, 3.05) is 13.9 Å². The van der Waals surface area contributed by atoms with Gasteiger partial charge in [-0.1, -0.05) is 29.8 Å². The molecule has 29 heavy (non-hydrogen) atoms. The van der Waals surface area contributed by atoms with Crippen LogP contribution >= 0.6 is 11.6 Å². The van der Waals surface area contributed by atoms with Crippen LogP contribution in [0, 0.1) is 0 Å². The molecule has 1 amide bonds. The van der Waals surface area contributed by atoms with E-state index in [1.165, 1.54) is 0 Å². The fourth-order valence-corrected chi connectivity index (χ4v) is 3.31. The lowest BCUT2D eigenvalue weighted by Gasteiger charge is -2.23. The van der Waals surface area contributed by atoms with Gasteiger partial charge in [-0.3, -0.25) is 4.79 Å². The Bertz CT molecular complexity index is 1000. The normalized spacial score (nSPS) is 11.9. The van der Waals surface area contributed by atoms with Gasteiger partial charge in [0.05, 0.1) is 7.11 Å². The third-order valence-electron chi connectivity index (χ3n) is 4.72. The predicted octanol–water partition coefficient (Wildman–Crippen LogP) is 4.92. The summed E-state index contributed by atoms with van der Waals surface area (Å²) in [6.45, 7) is 1.11. The molecule has 0 N–H and O–H groups in total. The number of fused-ring (bicyclic) bond motifs is 1. The van der Waals surface area contributed by atoms with Gasteiger partial charge in [0.15, 0.2) is 11.5 Å². The number of hydrogen-bond donors (Lipinski definition) is 0. The van der Waals surface area contributed by atoms with Crippen molar-refractivity contribution in [3.63, 3.8) is 0 Å². The number of hydrogen-bond acceptors (Lipinski definition) is 4. The number of methoxy groups -OCH3 is 1. The number of nitrogens with zero attached hydrogens (tertiary/aromatic N) is 1. The average molecular weight is 410 g/mol. The van der Waals surface area contributed by atoms with E-state index in [1.807, 2.05) is 42.5 Å². The van der Waals surface area contributed by atoms with Crippen LogP contribution in [-0.4, -0.2) is 24.7 Å². The summed E-state index contributed by atoms with van der Waals surface area (Å²) in [6, 6.07) is 20.4. The summed E-state index contributed by atoms with van der Waals surface area (Å²) in [4.78, 5) is 15.0. The van der Waals surface area contributed by atoms with E-state index < -0.39 is 0 Å². The molecule has 3 aromatic carbocycles. The first-order valence-electron chi connectivity index (χ1n) is 9.19. The summed E-state index contributed by atoms with van der Waals surface area (Å²) in [5.74, 6) is 2.13. The topological polar surface area (TPSA) is 48.0 Å². The maximum atomic E-state index is 13.2. The van der Waals surface area contributed by atoms with Gasteiger partial charge in [0, 0.05) is 23.7 Å². The summed E-state index contributed by atoms with van der Waals surface area (Å²) in [6.07, 6.45) is 0. The zero-order valence-electron chi connectivity index (χ0n) is 15.9. The lowest BCUT2D eigenvalue weighted by molar-refractivity contribution is 0.0730. The second kappa shape index (κ2) is 8.45. The van der Waals surface area contributed by atoms with Gasteiger partial charge in [0.1, 0.15) is 5.75 Å². The Labute approximate surface area is 174 Å². The fourth-order valence-electron chi connectivity index (χ4n) is 3.19. The lowest BCUT2D eigenvalue weighted by atomic mass is 10.1. The highest BCUT2D eigenvalue weighted by Gasteiger charge is 2.19. The second-order valence-corrected chi connectivity index (χ2v) is 7.14. The molecule has 0 unspecified atom stereocenters. The second-order valence-electron chi connectivity index (χ2n) is 6.70. The van der Waals surface area contributed by atoms with E-state index in [9.17, 15) is 4.79 Å². The molecule has 4 rings (SSSR count). The minimum Gasteiger partial charge on any atom is -0.497 e. The quantitative estimate of drug-likeness (QED) is 0.579. The van der Waals surface area contributed by atoms with Crippen LogP contribution < -0.4 is 14.2 Å². The van der Waals surface area contributed by atoms with E-state index in [-0.39, 0.29) is 12.7 Å². The molecular formula is C23H20ClNO4. The Morgan fingerprint density at radius 2 is 1.59 bits per heavy atom. The van der Waals surface area contributed by atoms with Gasteiger partial charge in [0.25, 0.3) is 5.91 Å². The van der Waals surface area contributed by atoms with Gasteiger partial charge in [-0.2, -0.15) is 0 Å². The van der Waals surface area contributed by atoms with Crippen molar-refractivity contribution in [1.29, 1.82) is 0 Å². The number of ether oxygens (including phenoxy) is 3. The molecule has 5 nitrogen and oxygen atoms in total. The molecule has 1 aliphatic rings. The molecule has 0 radical (unpaired) electrons. The molecule has 1 aliphatic heterocycles. The molecule has 6 heteroatoms. The Balaban J connectivity index is 1.60. The summed E-state index contributed by atoms with van der Waals surface area (Å²) in [5, 5.41) is 0.596. The van der Waals surface area contributed by atoms with E-state index in [1.54, 1.807) is 36.3 Å². The zero-order chi connectivity index (χ0) is 20.2. The van der Waals surface area contributed by atoms with E-state index >= 15 is 0 Å². The van der Waals surface area contributed by atoms with Crippen LogP contribution in [0.5, 0.6) is 17.2 Å². The fraction of sp³-hybridized carbons (Fsp3) is 0.174. The van der Waals surface area contributed by atoms with Crippen molar-refractivity contribution >= 4 is 17.5 Å². The molecule has 0 bridgehead atoms. The van der Waals surface area contributed by atoms with Gasteiger partial charge in [-0.05, 0) is 59.7 Å². The van der Waals surface area contributed by atoms with Gasteiger partial charge < -0.3 is 19.1 Å². The van der Waals surface area contributed by atoms with Crippen LogP contribution in [0.15, 0.2) is 66.7 Å². The van der Waals surface area contributed by atoms with E-state index in [4.69, 9.17) is 25.8 Å². The van der Waals surface area contributed by atoms with Crippen molar-refractivity contribution in [3.8, 4) is 17.2 Å². The predicted molar refractivity (Wildman–Crippen MR) is 111 cm³/mol. The molecule has 0 aromatic heterocycles. The maximum absolute atomic E-state index is 13.2. The van der Waals surface area contributed by atoms with Crippen molar-refractivity contribution in [3.05, 3.63) is 88.4 Å². The summed E-state index contributed by atoms with van der Waals surface area (Å²) in [7, 11) is 1.63. The van der Waals surface area contributed by atoms with Gasteiger partial charge in [-0.15, -0.1) is 0 Å². The van der Waals surface area contributed by atoms with Crippen LogP contribution in [0.3, 0.4) is 0 Å². The molecule has 0 atom stereocenters. The highest BCUT2D eigenvalue weighted by Crippen LogP contribution is 2.33. The standard InChI is InChI=1S/C23H20ClNO4/c1-27-20-9-2-16(3-10-20)13-25(23(26)18-5-7-19(24)8-6-18)14-17-4-11-21-22(12-17)29-15-28-21/h2-12H,13-15H2,1H3. The Morgan fingerprint density at radius 1 is 0.931 bits per heavy atom. The minimum atomic E-state index is -0.0739. The average Bonchev–Trinajstić information content (AvgIpc) is 3.22. The summed E-state index contributed by atoms with van der Waals surface area (Å²) >= 11 is 5.98. The van der Waals surface area contributed by atoms with Crippen molar-refractivity contribution in [2.45, 2.75) is 13.1 Å².